The van der Waals surface area contributed by atoms with Crippen LogP contribution in [0, 0.1) is 5.92 Å². The molecule has 0 spiro atoms. The third kappa shape index (κ3) is 3.48. The minimum atomic E-state index is -0.255. The quantitative estimate of drug-likeness (QED) is 0.426. The molecule has 0 atom stereocenters. The van der Waals surface area contributed by atoms with E-state index in [1.165, 1.54) is 0 Å². The summed E-state index contributed by atoms with van der Waals surface area (Å²) in [6.07, 6.45) is 0.548. The first-order valence-electron chi connectivity index (χ1n) is 5.23. The van der Waals surface area contributed by atoms with Crippen LogP contribution in [0.25, 0.3) is 0 Å². The smallest absolute Gasteiger partial charge is 0.115 e. The lowest BCUT2D eigenvalue weighted by atomic mass is 9.91. The van der Waals surface area contributed by atoms with E-state index in [0.29, 0.717) is 17.8 Å². The largest absolute Gasteiger partial charge is 0.508 e. The molecule has 0 aliphatic heterocycles. The summed E-state index contributed by atoms with van der Waals surface area (Å²) >= 11 is 0. The lowest BCUT2D eigenvalue weighted by Crippen LogP contribution is -2.22. The third-order valence-electron chi connectivity index (χ3n) is 2.70. The van der Waals surface area contributed by atoms with Gasteiger partial charge in [0.05, 0.1) is 11.4 Å². The Balaban J connectivity index is 2.91. The van der Waals surface area contributed by atoms with Gasteiger partial charge in [-0.2, -0.15) is 0 Å². The summed E-state index contributed by atoms with van der Waals surface area (Å²) in [5, 5.41) is 33.0. The van der Waals surface area contributed by atoms with Gasteiger partial charge in [-0.1, -0.05) is 22.4 Å². The van der Waals surface area contributed by atoms with Gasteiger partial charge >= 0.3 is 0 Å². The summed E-state index contributed by atoms with van der Waals surface area (Å²) in [4.78, 5) is 0. The van der Waals surface area contributed by atoms with Crippen LogP contribution < -0.4 is 0 Å². The van der Waals surface area contributed by atoms with Gasteiger partial charge in [-0.3, -0.25) is 0 Å². The van der Waals surface area contributed by atoms with Gasteiger partial charge < -0.3 is 15.5 Å². The minimum Gasteiger partial charge on any atom is -0.508 e. The molecule has 0 heterocycles. The molecule has 0 radical (unpaired) electrons. The summed E-state index contributed by atoms with van der Waals surface area (Å²) < 4.78 is 0. The molecule has 0 amide bonds. The van der Waals surface area contributed by atoms with Crippen LogP contribution in [0.15, 0.2) is 34.6 Å². The highest BCUT2D eigenvalue weighted by atomic mass is 16.4. The van der Waals surface area contributed by atoms with E-state index in [9.17, 15) is 5.11 Å². The fourth-order valence-electron chi connectivity index (χ4n) is 1.60. The maximum atomic E-state index is 9.17. The van der Waals surface area contributed by atoms with Gasteiger partial charge in [-0.15, -0.1) is 0 Å². The third-order valence-corrected chi connectivity index (χ3v) is 2.70. The molecule has 92 valence electrons. The Morgan fingerprint density at radius 3 is 1.94 bits per heavy atom. The van der Waals surface area contributed by atoms with Crippen molar-refractivity contribution >= 4 is 11.4 Å². The molecule has 0 bridgehead atoms. The zero-order valence-corrected chi connectivity index (χ0v) is 9.83. The second kappa shape index (κ2) is 5.89. The number of oxime groups is 2. The minimum absolute atomic E-state index is 0.199. The van der Waals surface area contributed by atoms with E-state index < -0.39 is 0 Å². The van der Waals surface area contributed by atoms with Gasteiger partial charge in [0.1, 0.15) is 5.75 Å². The Morgan fingerprint density at radius 1 is 1.06 bits per heavy atom. The van der Waals surface area contributed by atoms with Gasteiger partial charge in [-0.25, -0.2) is 0 Å². The number of benzene rings is 1. The molecule has 17 heavy (non-hydrogen) atoms. The maximum Gasteiger partial charge on any atom is 0.115 e. The van der Waals surface area contributed by atoms with Crippen LogP contribution in [0.4, 0.5) is 0 Å². The topological polar surface area (TPSA) is 85.4 Å². The highest BCUT2D eigenvalue weighted by molar-refractivity contribution is 6.05. The van der Waals surface area contributed by atoms with Crippen LogP contribution in [0.2, 0.25) is 0 Å². The molecule has 0 unspecified atom stereocenters. The first kappa shape index (κ1) is 13.0. The van der Waals surface area contributed by atoms with E-state index in [1.807, 2.05) is 0 Å². The zero-order valence-electron chi connectivity index (χ0n) is 9.83. The zero-order chi connectivity index (χ0) is 12.8. The fraction of sp³-hybridized carbons (Fsp3) is 0.333. The molecule has 1 aromatic carbocycles. The lowest BCUT2D eigenvalue weighted by molar-refractivity contribution is 0.311. The van der Waals surface area contributed by atoms with Crippen LogP contribution in [0.5, 0.6) is 5.75 Å². The first-order chi connectivity index (χ1) is 8.08. The molecule has 0 fully saturated rings. The van der Waals surface area contributed by atoms with E-state index in [4.69, 9.17) is 10.4 Å². The Labute approximate surface area is 99.7 Å². The van der Waals surface area contributed by atoms with Crippen molar-refractivity contribution in [1.82, 2.24) is 0 Å². The first-order valence-corrected chi connectivity index (χ1v) is 5.23. The Kier molecular flexibility index (Phi) is 4.51. The van der Waals surface area contributed by atoms with E-state index in [2.05, 4.69) is 10.3 Å². The van der Waals surface area contributed by atoms with E-state index in [1.54, 1.807) is 38.1 Å². The monoisotopic (exact) mass is 236 g/mol. The Hall–Kier alpha value is -2.04. The van der Waals surface area contributed by atoms with Crippen LogP contribution in [0.1, 0.15) is 19.4 Å². The van der Waals surface area contributed by atoms with Crippen LogP contribution >= 0.6 is 0 Å². The van der Waals surface area contributed by atoms with Gasteiger partial charge in [0.15, 0.2) is 0 Å². The number of phenols is 1. The molecule has 0 aliphatic rings. The molecule has 1 aromatic rings. The summed E-state index contributed by atoms with van der Waals surface area (Å²) in [5.74, 6) is -0.0556. The van der Waals surface area contributed by atoms with Crippen molar-refractivity contribution in [3.8, 4) is 5.75 Å². The van der Waals surface area contributed by atoms with Crippen molar-refractivity contribution in [3.63, 3.8) is 0 Å². The van der Waals surface area contributed by atoms with E-state index in [-0.39, 0.29) is 11.7 Å². The molecule has 3 N–H and O–H groups in total. The van der Waals surface area contributed by atoms with E-state index in [0.717, 1.165) is 5.56 Å². The average Bonchev–Trinajstić information content (AvgIpc) is 2.36. The van der Waals surface area contributed by atoms with Gasteiger partial charge in [0, 0.05) is 5.92 Å². The van der Waals surface area contributed by atoms with Crippen molar-refractivity contribution in [2.75, 3.05) is 0 Å². The number of hydrogen-bond donors (Lipinski definition) is 3. The summed E-state index contributed by atoms with van der Waals surface area (Å²) in [6, 6.07) is 6.72. The summed E-state index contributed by atoms with van der Waals surface area (Å²) in [5.41, 5.74) is 1.92. The molecule has 0 saturated heterocycles. The molecule has 5 nitrogen and oxygen atoms in total. The molecule has 0 aromatic heterocycles. The predicted octanol–water partition coefficient (Wildman–Crippen LogP) is 2.25. The summed E-state index contributed by atoms with van der Waals surface area (Å²) in [6.45, 7) is 3.33. The standard InChI is InChI=1S/C12H16N2O3/c1-8(13-16)12(9(2)14-17)7-10-3-5-11(15)6-4-10/h3-6,12,15-17H,7H2,1-2H3. The Morgan fingerprint density at radius 2 is 1.53 bits per heavy atom. The highest BCUT2D eigenvalue weighted by Gasteiger charge is 2.17. The van der Waals surface area contributed by atoms with Crippen LogP contribution in [-0.2, 0) is 6.42 Å². The molecule has 0 aliphatic carbocycles. The van der Waals surface area contributed by atoms with Gasteiger partial charge in [0.2, 0.25) is 0 Å². The SMILES string of the molecule is CC(=NO)C(Cc1ccc(O)cc1)C(C)=NO. The van der Waals surface area contributed by atoms with Crippen LogP contribution in [-0.4, -0.2) is 26.9 Å². The van der Waals surface area contributed by atoms with Gasteiger partial charge in [-0.05, 0) is 38.0 Å². The molecule has 0 saturated carbocycles. The number of hydrogen-bond acceptors (Lipinski definition) is 5. The number of rotatable bonds is 4. The lowest BCUT2D eigenvalue weighted by Gasteiger charge is -2.14. The second-order valence-electron chi connectivity index (χ2n) is 3.91. The summed E-state index contributed by atoms with van der Waals surface area (Å²) in [7, 11) is 0. The van der Waals surface area contributed by atoms with Crippen molar-refractivity contribution < 1.29 is 15.5 Å². The number of phenolic OH excluding ortho intramolecular Hbond substituents is 1. The van der Waals surface area contributed by atoms with Crippen molar-refractivity contribution in [2.24, 2.45) is 16.2 Å². The van der Waals surface area contributed by atoms with Gasteiger partial charge in [0.25, 0.3) is 0 Å². The maximum absolute atomic E-state index is 9.17. The molecular formula is C12H16N2O3. The van der Waals surface area contributed by atoms with Crippen molar-refractivity contribution in [3.05, 3.63) is 29.8 Å². The normalized spacial score (nSPS) is 14.7. The molecular weight excluding hydrogens is 220 g/mol. The van der Waals surface area contributed by atoms with E-state index >= 15 is 0 Å². The molecule has 1 rings (SSSR count). The molecule has 5 heteroatoms. The van der Waals surface area contributed by atoms with Crippen molar-refractivity contribution in [1.29, 1.82) is 0 Å². The fourth-order valence-corrected chi connectivity index (χ4v) is 1.60. The highest BCUT2D eigenvalue weighted by Crippen LogP contribution is 2.16. The Bertz CT molecular complexity index is 406. The predicted molar refractivity (Wildman–Crippen MR) is 65.1 cm³/mol. The van der Waals surface area contributed by atoms with Crippen molar-refractivity contribution in [2.45, 2.75) is 20.3 Å². The number of aromatic hydroxyl groups is 1. The second-order valence-corrected chi connectivity index (χ2v) is 3.91. The number of nitrogens with zero attached hydrogens (tertiary/aromatic N) is 2. The van der Waals surface area contributed by atoms with Crippen LogP contribution in [0.3, 0.4) is 0 Å². The average molecular weight is 236 g/mol.